The first-order valence-corrected chi connectivity index (χ1v) is 8.61. The smallest absolute Gasteiger partial charge is 0.321 e. The molecule has 2 aliphatic rings. The Balaban J connectivity index is 1.62. The van der Waals surface area contributed by atoms with Crippen LogP contribution in [-0.2, 0) is 4.79 Å². The zero-order valence-corrected chi connectivity index (χ0v) is 12.4. The highest BCUT2D eigenvalue weighted by molar-refractivity contribution is 8.39. The van der Waals surface area contributed by atoms with E-state index in [-0.39, 0.29) is 23.7 Å². The summed E-state index contributed by atoms with van der Waals surface area (Å²) in [4.78, 5) is 27.5. The molecule has 0 saturated heterocycles. The van der Waals surface area contributed by atoms with Crippen LogP contribution in [0, 0.1) is 0 Å². The van der Waals surface area contributed by atoms with E-state index >= 15 is 0 Å². The van der Waals surface area contributed by atoms with Gasteiger partial charge in [-0.3, -0.25) is 15.1 Å². The highest BCUT2D eigenvalue weighted by Gasteiger charge is 2.17. The Morgan fingerprint density at radius 3 is 2.79 bits per heavy atom. The lowest BCUT2D eigenvalue weighted by Crippen LogP contribution is -2.45. The SMILES string of the molecule is O=C(CSC1=NCCS1)NC(=O)NC1CCCCC1. The maximum Gasteiger partial charge on any atom is 0.321 e. The second kappa shape index (κ2) is 7.79. The maximum atomic E-state index is 11.6. The van der Waals surface area contributed by atoms with Crippen molar-refractivity contribution in [1.82, 2.24) is 10.6 Å². The standard InChI is InChI=1S/C12H19N3O2S2/c16-10(8-19-12-13-6-7-18-12)15-11(17)14-9-4-2-1-3-5-9/h9H,1-8H2,(H2,14,15,16,17). The van der Waals surface area contributed by atoms with Crippen LogP contribution in [0.25, 0.3) is 0 Å². The van der Waals surface area contributed by atoms with Gasteiger partial charge in [0.2, 0.25) is 5.91 Å². The molecule has 1 aliphatic carbocycles. The number of imide groups is 1. The molecule has 1 aliphatic heterocycles. The summed E-state index contributed by atoms with van der Waals surface area (Å²) in [6, 6.07) is -0.137. The molecule has 1 saturated carbocycles. The first-order valence-electron chi connectivity index (χ1n) is 6.64. The number of hydrogen-bond acceptors (Lipinski definition) is 5. The summed E-state index contributed by atoms with van der Waals surface area (Å²) in [5, 5.41) is 5.24. The number of nitrogens with one attached hydrogen (secondary N) is 2. The molecule has 0 bridgehead atoms. The van der Waals surface area contributed by atoms with E-state index < -0.39 is 0 Å². The third-order valence-electron chi connectivity index (χ3n) is 3.08. The Kier molecular flexibility index (Phi) is 6.03. The van der Waals surface area contributed by atoms with E-state index in [1.54, 1.807) is 11.8 Å². The maximum absolute atomic E-state index is 11.6. The van der Waals surface area contributed by atoms with Gasteiger partial charge in [-0.1, -0.05) is 42.8 Å². The van der Waals surface area contributed by atoms with Crippen molar-refractivity contribution >= 4 is 39.8 Å². The van der Waals surface area contributed by atoms with E-state index in [1.807, 2.05) is 0 Å². The second-order valence-electron chi connectivity index (χ2n) is 4.64. The van der Waals surface area contributed by atoms with Crippen LogP contribution in [0.5, 0.6) is 0 Å². The van der Waals surface area contributed by atoms with Crippen LogP contribution in [-0.4, -0.2) is 40.4 Å². The second-order valence-corrected chi connectivity index (χ2v) is 6.95. The lowest BCUT2D eigenvalue weighted by molar-refractivity contribution is -0.117. The molecule has 0 aromatic heterocycles. The van der Waals surface area contributed by atoms with E-state index in [9.17, 15) is 9.59 Å². The minimum absolute atomic E-state index is 0.226. The van der Waals surface area contributed by atoms with E-state index in [4.69, 9.17) is 0 Å². The third kappa shape index (κ3) is 5.44. The van der Waals surface area contributed by atoms with Gasteiger partial charge < -0.3 is 5.32 Å². The minimum atomic E-state index is -0.362. The van der Waals surface area contributed by atoms with Crippen LogP contribution < -0.4 is 10.6 Å². The van der Waals surface area contributed by atoms with Crippen molar-refractivity contribution < 1.29 is 9.59 Å². The number of aliphatic imine (C=N–C) groups is 1. The van der Waals surface area contributed by atoms with Gasteiger partial charge >= 0.3 is 6.03 Å². The molecule has 0 aromatic carbocycles. The van der Waals surface area contributed by atoms with Crippen molar-refractivity contribution in [2.24, 2.45) is 4.99 Å². The fraction of sp³-hybridized carbons (Fsp3) is 0.750. The Hall–Kier alpha value is -0.690. The largest absolute Gasteiger partial charge is 0.335 e. The number of thioether (sulfide) groups is 2. The van der Waals surface area contributed by atoms with Gasteiger partial charge in [0, 0.05) is 11.8 Å². The summed E-state index contributed by atoms with van der Waals surface area (Å²) in [6.07, 6.45) is 5.60. The molecule has 3 amide bonds. The Labute approximate surface area is 121 Å². The summed E-state index contributed by atoms with van der Waals surface area (Å²) in [7, 11) is 0. The van der Waals surface area contributed by atoms with E-state index in [1.165, 1.54) is 18.2 Å². The van der Waals surface area contributed by atoms with Crippen molar-refractivity contribution in [3.8, 4) is 0 Å². The number of nitrogens with zero attached hydrogens (tertiary/aromatic N) is 1. The van der Waals surface area contributed by atoms with Crippen LogP contribution in [0.4, 0.5) is 4.79 Å². The molecule has 19 heavy (non-hydrogen) atoms. The van der Waals surface area contributed by atoms with Crippen LogP contribution in [0.1, 0.15) is 32.1 Å². The van der Waals surface area contributed by atoms with Gasteiger partial charge in [-0.25, -0.2) is 4.79 Å². The van der Waals surface area contributed by atoms with E-state index in [0.29, 0.717) is 0 Å². The van der Waals surface area contributed by atoms with E-state index in [0.717, 1.165) is 42.4 Å². The molecule has 5 nitrogen and oxygen atoms in total. The number of rotatable bonds is 3. The highest BCUT2D eigenvalue weighted by atomic mass is 32.2. The van der Waals surface area contributed by atoms with Gasteiger partial charge in [-0.05, 0) is 12.8 Å². The number of carbonyl (C=O) groups excluding carboxylic acids is 2. The van der Waals surface area contributed by atoms with Crippen LogP contribution >= 0.6 is 23.5 Å². The predicted molar refractivity (Wildman–Crippen MR) is 80.8 cm³/mol. The number of carbonyl (C=O) groups is 2. The van der Waals surface area contributed by atoms with Crippen molar-refractivity contribution in [2.45, 2.75) is 38.1 Å². The zero-order chi connectivity index (χ0) is 13.5. The monoisotopic (exact) mass is 301 g/mol. The topological polar surface area (TPSA) is 70.6 Å². The summed E-state index contributed by atoms with van der Waals surface area (Å²) < 4.78 is 0.947. The van der Waals surface area contributed by atoms with Gasteiger partial charge in [-0.15, -0.1) is 0 Å². The van der Waals surface area contributed by atoms with Gasteiger partial charge in [0.25, 0.3) is 0 Å². The minimum Gasteiger partial charge on any atom is -0.335 e. The van der Waals surface area contributed by atoms with Gasteiger partial charge in [0.1, 0.15) is 4.38 Å². The molecule has 1 heterocycles. The predicted octanol–water partition coefficient (Wildman–Crippen LogP) is 1.98. The zero-order valence-electron chi connectivity index (χ0n) is 10.8. The molecule has 0 aromatic rings. The molecule has 7 heteroatoms. The lowest BCUT2D eigenvalue weighted by atomic mass is 9.96. The molecule has 1 fully saturated rings. The normalized spacial score (nSPS) is 19.9. The summed E-state index contributed by atoms with van der Waals surface area (Å²) in [5.41, 5.74) is 0. The fourth-order valence-corrected chi connectivity index (χ4v) is 3.97. The van der Waals surface area contributed by atoms with Gasteiger partial charge in [0.15, 0.2) is 0 Å². The highest BCUT2D eigenvalue weighted by Crippen LogP contribution is 2.21. The van der Waals surface area contributed by atoms with Crippen LogP contribution in [0.2, 0.25) is 0 Å². The fourth-order valence-electron chi connectivity index (χ4n) is 2.16. The first kappa shape index (κ1) is 14.7. The quantitative estimate of drug-likeness (QED) is 0.836. The average Bonchev–Trinajstić information content (AvgIpc) is 2.90. The number of amides is 3. The Bertz CT molecular complexity index is 368. The van der Waals surface area contributed by atoms with Crippen LogP contribution in [0.15, 0.2) is 4.99 Å². The van der Waals surface area contributed by atoms with Crippen molar-refractivity contribution in [1.29, 1.82) is 0 Å². The van der Waals surface area contributed by atoms with Crippen LogP contribution in [0.3, 0.4) is 0 Å². The lowest BCUT2D eigenvalue weighted by Gasteiger charge is -2.22. The number of hydrogen-bond donors (Lipinski definition) is 2. The van der Waals surface area contributed by atoms with Crippen molar-refractivity contribution in [3.63, 3.8) is 0 Å². The van der Waals surface area contributed by atoms with Crippen molar-refractivity contribution in [2.75, 3.05) is 18.1 Å². The van der Waals surface area contributed by atoms with Crippen molar-refractivity contribution in [3.05, 3.63) is 0 Å². The van der Waals surface area contributed by atoms with Gasteiger partial charge in [0.05, 0.1) is 12.3 Å². The third-order valence-corrected chi connectivity index (χ3v) is 5.33. The summed E-state index contributed by atoms with van der Waals surface area (Å²) >= 11 is 3.07. The Morgan fingerprint density at radius 1 is 1.32 bits per heavy atom. The molecule has 2 rings (SSSR count). The average molecular weight is 301 g/mol. The summed E-state index contributed by atoms with van der Waals surface area (Å²) in [6.45, 7) is 0.830. The molecule has 0 unspecified atom stereocenters. The van der Waals surface area contributed by atoms with E-state index in [2.05, 4.69) is 15.6 Å². The Morgan fingerprint density at radius 2 is 2.11 bits per heavy atom. The molecule has 0 radical (unpaired) electrons. The first-order chi connectivity index (χ1) is 9.24. The molecular weight excluding hydrogens is 282 g/mol. The molecular formula is C12H19N3O2S2. The molecule has 2 N–H and O–H groups in total. The molecule has 106 valence electrons. The molecule has 0 atom stereocenters. The molecule has 0 spiro atoms. The van der Waals surface area contributed by atoms with Gasteiger partial charge in [-0.2, -0.15) is 0 Å². The summed E-state index contributed by atoms with van der Waals surface area (Å²) in [5.74, 6) is 0.990. The number of urea groups is 1.